The molecule has 284 valence electrons. The molecule has 2 aliphatic heterocycles. The van der Waals surface area contributed by atoms with Gasteiger partial charge in [-0.3, -0.25) is 0 Å². The maximum atomic E-state index is 6.84. The van der Waals surface area contributed by atoms with Crippen LogP contribution in [0.2, 0.25) is 80.4 Å². The van der Waals surface area contributed by atoms with E-state index < -0.39 is 0 Å². The van der Waals surface area contributed by atoms with Crippen molar-refractivity contribution in [1.82, 2.24) is 39.9 Å². The molecule has 25 heteroatoms. The predicted molar refractivity (Wildman–Crippen MR) is 236 cm³/mol. The van der Waals surface area contributed by atoms with E-state index in [1.807, 2.05) is 0 Å². The molecule has 7 aromatic rings. The molecule has 0 amide bonds. The topological polar surface area (TPSA) is 109 Å². The number of halogens is 16. The zero-order chi connectivity index (χ0) is 40.1. The van der Waals surface area contributed by atoms with Gasteiger partial charge in [0.2, 0.25) is 0 Å². The fourth-order valence-electron chi connectivity index (χ4n) is 6.24. The zero-order valence-corrected chi connectivity index (χ0v) is 41.5. The molecule has 3 aromatic heterocycles. The van der Waals surface area contributed by atoms with Crippen LogP contribution in [0.15, 0.2) is 0 Å². The van der Waals surface area contributed by atoms with Crippen molar-refractivity contribution in [3.8, 4) is 45.6 Å². The largest absolute Gasteiger partial charge is 0.324 e. The molecule has 0 unspecified atom stereocenters. The first-order valence-corrected chi connectivity index (χ1v) is 20.8. The van der Waals surface area contributed by atoms with Gasteiger partial charge in [0.25, 0.3) is 0 Å². The molecule has 5 heterocycles. The van der Waals surface area contributed by atoms with Crippen LogP contribution in [-0.2, 0) is 19.5 Å². The molecule has 9 rings (SSSR count). The van der Waals surface area contributed by atoms with Gasteiger partial charge in [-0.05, 0) is 0 Å². The third kappa shape index (κ3) is 6.25. The third-order valence-corrected chi connectivity index (χ3v) is 15.9. The summed E-state index contributed by atoms with van der Waals surface area (Å²) in [7, 11) is 0. The van der Waals surface area contributed by atoms with Crippen LogP contribution in [0.3, 0.4) is 0 Å². The first-order valence-electron chi connectivity index (χ1n) is 14.7. The Morgan fingerprint density at radius 3 is 0.596 bits per heavy atom. The number of nitrogens with zero attached hydrogens (tertiary/aromatic N) is 6. The standard InChI is InChI=1S/C32H2Cl16N8.Zn/c33-9-1-2(10(34)18(42)17(9)41)26-49-25(1)53-27-3-4(12(36)20(44)19(43)11(3)35)29(50-27)55-31-7-8(16(40)24(48)23(47)15(7)39)32(52-31)56-30-6-5(28(51-30)54-26)13(37)21(45)22(46)14(6)38;/h(H2,49,50,51,52,53,54,55,56);. The Morgan fingerprint density at radius 1 is 0.228 bits per heavy atom. The van der Waals surface area contributed by atoms with Gasteiger partial charge in [0.1, 0.15) is 22.6 Å². The Labute approximate surface area is 410 Å². The van der Waals surface area contributed by atoms with E-state index in [-0.39, 0.29) is 190 Å². The number of aromatic nitrogens is 8. The van der Waals surface area contributed by atoms with Crippen molar-refractivity contribution in [1.29, 1.82) is 0 Å². The van der Waals surface area contributed by atoms with Crippen molar-refractivity contribution in [3.63, 3.8) is 0 Å². The van der Waals surface area contributed by atoms with E-state index in [1.165, 1.54) is 0 Å². The van der Waals surface area contributed by atoms with Gasteiger partial charge in [-0.2, -0.15) is 0 Å². The van der Waals surface area contributed by atoms with Gasteiger partial charge in [0, 0.05) is 19.5 Å². The van der Waals surface area contributed by atoms with Crippen molar-refractivity contribution in [2.24, 2.45) is 0 Å². The van der Waals surface area contributed by atoms with E-state index in [2.05, 4.69) is 9.97 Å². The smallest absolute Gasteiger partial charge is 0.166 e. The van der Waals surface area contributed by atoms with Crippen molar-refractivity contribution < 1.29 is 19.5 Å². The van der Waals surface area contributed by atoms with Crippen LogP contribution in [0.25, 0.3) is 89.7 Å². The number of H-pyrrole nitrogens is 2. The van der Waals surface area contributed by atoms with Crippen LogP contribution in [0, 0.1) is 0 Å². The van der Waals surface area contributed by atoms with E-state index in [0.29, 0.717) is 0 Å². The van der Waals surface area contributed by atoms with Gasteiger partial charge in [-0.15, -0.1) is 0 Å². The summed E-state index contributed by atoms with van der Waals surface area (Å²) in [6.07, 6.45) is 0. The van der Waals surface area contributed by atoms with E-state index >= 15 is 0 Å². The predicted octanol–water partition coefficient (Wildman–Crippen LogP) is 17.3. The quantitative estimate of drug-likeness (QED) is 0.0889. The first-order chi connectivity index (χ1) is 26.4. The summed E-state index contributed by atoms with van der Waals surface area (Å²) in [4.78, 5) is 34.9. The molecule has 0 spiro atoms. The number of aromatic amines is 2. The summed E-state index contributed by atoms with van der Waals surface area (Å²) >= 11 is 107. The number of rotatable bonds is 0. The zero-order valence-electron chi connectivity index (χ0n) is 26.4. The fraction of sp³-hybridized carbons (Fsp3) is 0. The van der Waals surface area contributed by atoms with E-state index in [4.69, 9.17) is 216 Å². The normalized spacial score (nSPS) is 12.1. The van der Waals surface area contributed by atoms with Gasteiger partial charge >= 0.3 is 0 Å². The van der Waals surface area contributed by atoms with Gasteiger partial charge in [-0.1, -0.05) is 186 Å². The molecule has 4 aromatic carbocycles. The average molecular weight is 1130 g/mol. The van der Waals surface area contributed by atoms with Crippen molar-refractivity contribution in [2.75, 3.05) is 0 Å². The second-order valence-corrected chi connectivity index (χ2v) is 17.7. The SMILES string of the molecule is Clc1c(Cl)c(Cl)c2c(c1Cl)-c1nc-2nc2[nH]c(nc3nc(nc4[nH]c(n1)c1c(Cl)c(Cl)c(Cl)c(Cl)c41)-c1c(Cl)c(Cl)c(Cl)c(Cl)c1-3)c1c(Cl)c(Cl)c(Cl)c(Cl)c21.[Zn]. The summed E-state index contributed by atoms with van der Waals surface area (Å²) in [6, 6.07) is 0. The Kier molecular flexibility index (Phi) is 11.7. The van der Waals surface area contributed by atoms with E-state index in [0.717, 1.165) is 0 Å². The summed E-state index contributed by atoms with van der Waals surface area (Å²) in [5, 5.41) is -0.398. The van der Waals surface area contributed by atoms with Gasteiger partial charge in [-0.25, -0.2) is 29.9 Å². The van der Waals surface area contributed by atoms with Crippen LogP contribution < -0.4 is 0 Å². The minimum atomic E-state index is -0.0863. The summed E-state index contributed by atoms with van der Waals surface area (Å²) in [5.74, 6) is -0.257. The Hall–Kier alpha value is -0.497. The summed E-state index contributed by atoms with van der Waals surface area (Å²) < 4.78 is 0. The molecular formula is C32H2Cl16N8Zn. The van der Waals surface area contributed by atoms with Crippen LogP contribution >= 0.6 is 186 Å². The molecule has 2 aliphatic rings. The van der Waals surface area contributed by atoms with Gasteiger partial charge in [0.05, 0.1) is 124 Å². The number of hydrogen-bond donors (Lipinski definition) is 2. The van der Waals surface area contributed by atoms with Crippen LogP contribution in [0.5, 0.6) is 0 Å². The minimum absolute atomic E-state index is 0. The third-order valence-electron chi connectivity index (χ3n) is 8.68. The van der Waals surface area contributed by atoms with Gasteiger partial charge in [0.15, 0.2) is 23.3 Å². The Morgan fingerprint density at radius 2 is 0.404 bits per heavy atom. The molecule has 0 atom stereocenters. The van der Waals surface area contributed by atoms with E-state index in [9.17, 15) is 0 Å². The Bertz CT molecular complexity index is 2820. The molecule has 2 N–H and O–H groups in total. The maximum absolute atomic E-state index is 6.84. The molecular weight excluding hydrogens is 1130 g/mol. The molecule has 0 saturated heterocycles. The summed E-state index contributed by atoms with van der Waals surface area (Å²) in [5.41, 5.74) is 0.666. The maximum Gasteiger partial charge on any atom is 0.166 e. The van der Waals surface area contributed by atoms with Crippen LogP contribution in [-0.4, -0.2) is 39.9 Å². The van der Waals surface area contributed by atoms with Crippen molar-refractivity contribution in [2.45, 2.75) is 0 Å². The second-order valence-electron chi connectivity index (χ2n) is 11.6. The average Bonchev–Trinajstić information content (AvgIpc) is 3.92. The van der Waals surface area contributed by atoms with Crippen LogP contribution in [0.1, 0.15) is 0 Å². The second kappa shape index (κ2) is 15.4. The van der Waals surface area contributed by atoms with Gasteiger partial charge < -0.3 is 9.97 Å². The van der Waals surface area contributed by atoms with Crippen LogP contribution in [0.4, 0.5) is 0 Å². The van der Waals surface area contributed by atoms with E-state index in [1.54, 1.807) is 0 Å². The number of benzene rings is 4. The molecule has 0 saturated carbocycles. The molecule has 0 aliphatic carbocycles. The molecule has 0 radical (unpaired) electrons. The Balaban J connectivity index is 0.00000455. The molecule has 8 nitrogen and oxygen atoms in total. The number of hydrogen-bond acceptors (Lipinski definition) is 6. The van der Waals surface area contributed by atoms with Crippen molar-refractivity contribution >= 4 is 230 Å². The molecule has 57 heavy (non-hydrogen) atoms. The molecule has 8 bridgehead atoms. The first kappa shape index (κ1) is 43.2. The number of nitrogens with one attached hydrogen (secondary N) is 2. The fourth-order valence-corrected chi connectivity index (χ4v) is 10.3. The monoisotopic (exact) mass is 1120 g/mol. The molecule has 0 fully saturated rings. The summed E-state index contributed by atoms with van der Waals surface area (Å²) in [6.45, 7) is 0. The number of fused-ring (bicyclic) bond motifs is 20. The van der Waals surface area contributed by atoms with Crippen molar-refractivity contribution in [3.05, 3.63) is 80.4 Å². The minimum Gasteiger partial charge on any atom is -0.324 e.